The van der Waals surface area contributed by atoms with Gasteiger partial charge in [0.1, 0.15) is 0 Å². The van der Waals surface area contributed by atoms with Gasteiger partial charge >= 0.3 is 213 Å². The third-order valence-electron chi connectivity index (χ3n) is 28.9. The van der Waals surface area contributed by atoms with Gasteiger partial charge in [-0.15, -0.1) is 0 Å². The van der Waals surface area contributed by atoms with E-state index >= 15 is 0 Å². The van der Waals surface area contributed by atoms with Gasteiger partial charge in [0.2, 0.25) is 0 Å². The molecule has 0 nitrogen and oxygen atoms in total. The molecule has 4 atom stereocenters. The van der Waals surface area contributed by atoms with Crippen molar-refractivity contribution < 1.29 is 11.2 Å². The minimum atomic E-state index is -4.14. The van der Waals surface area contributed by atoms with Crippen LogP contribution < -0.4 is 0 Å². The van der Waals surface area contributed by atoms with Gasteiger partial charge in [-0.25, -0.2) is 0 Å². The van der Waals surface area contributed by atoms with Crippen molar-refractivity contribution in [3.8, 4) is 0 Å². The maximum atomic E-state index is 1.74. The van der Waals surface area contributed by atoms with E-state index in [0.717, 1.165) is 0 Å². The maximum absolute atomic E-state index is 4.14. The number of hydrogen-bond donors (Lipinski definition) is 0. The summed E-state index contributed by atoms with van der Waals surface area (Å²) in [7, 11) is 0.792. The Morgan fingerprint density at radius 2 is 0.622 bits per heavy atom. The Morgan fingerprint density at radius 1 is 0.351 bits per heavy atom. The second-order valence-electron chi connectivity index (χ2n) is 22.7. The molecule has 10 heterocycles. The van der Waals surface area contributed by atoms with Crippen molar-refractivity contribution in [3.05, 3.63) is 0 Å². The molecule has 4 aliphatic carbocycles. The monoisotopic (exact) mass is 702 g/mol. The molecular formula is C34H52HfP2. The van der Waals surface area contributed by atoms with Crippen LogP contribution in [0.4, 0.5) is 0 Å². The molecule has 14 rings (SSSR count). The predicted molar refractivity (Wildman–Crippen MR) is 157 cm³/mol. The summed E-state index contributed by atoms with van der Waals surface area (Å²) in [6, 6.07) is 0. The van der Waals surface area contributed by atoms with E-state index in [1.165, 1.54) is 28.5 Å². The third-order valence-corrected chi connectivity index (χ3v) is 201. The van der Waals surface area contributed by atoms with Crippen molar-refractivity contribution in [1.82, 2.24) is 0 Å². The van der Waals surface area contributed by atoms with Crippen LogP contribution in [-0.2, 0) is 11.2 Å². The summed E-state index contributed by atoms with van der Waals surface area (Å²) in [6.07, 6.45) is 33.5. The van der Waals surface area contributed by atoms with Crippen LogP contribution >= 0.6 is 15.8 Å². The Morgan fingerprint density at radius 3 is 0.838 bits per heavy atom. The molecule has 0 bridgehead atoms. The molecule has 0 aromatic heterocycles. The minimum absolute atomic E-state index is 0.396. The quantitative estimate of drug-likeness (QED) is 0.191. The van der Waals surface area contributed by atoms with E-state index in [4.69, 9.17) is 0 Å². The van der Waals surface area contributed by atoms with Gasteiger partial charge in [0.15, 0.2) is 0 Å². The van der Waals surface area contributed by atoms with Gasteiger partial charge in [-0.3, -0.25) is 0 Å². The molecule has 4 unspecified atom stereocenters. The van der Waals surface area contributed by atoms with Crippen LogP contribution in [0.25, 0.3) is 0 Å². The normalized spacial score (nSPS) is 75.6. The second kappa shape index (κ2) is 3.49. The standard InChI is InChI=1S/C29H47P2.C5H5.Hf/c1-5-14-24(15-6-1)30(25-16-7-2-8-17-25)28-22-13-23-29(28)31(26-18-9-3-10-19-26)27-20-11-4-12-21-27;1-2-4-5-3-1;/h13,22-27H,1-12,14-21H2;1-5H;. The van der Waals surface area contributed by atoms with Crippen LogP contribution in [0.3, 0.4) is 0 Å². The molecule has 1 spiro atoms. The molecule has 10 aliphatic heterocycles. The van der Waals surface area contributed by atoms with Crippen LogP contribution in [0.15, 0.2) is 0 Å². The first kappa shape index (κ1) is 20.6. The van der Waals surface area contributed by atoms with E-state index in [1.54, 1.807) is 158 Å². The van der Waals surface area contributed by atoms with Gasteiger partial charge in [-0.1, -0.05) is 0 Å². The zero-order valence-corrected chi connectivity index (χ0v) is 28.8. The van der Waals surface area contributed by atoms with E-state index in [9.17, 15) is 0 Å². The second-order valence-corrected chi connectivity index (χ2v) is 107. The fourth-order valence-corrected chi connectivity index (χ4v) is 504. The fourth-order valence-electron chi connectivity index (χ4n) is 32.9. The number of rotatable bonds is 6. The summed E-state index contributed by atoms with van der Waals surface area (Å²) in [5, 5.41) is 0. The van der Waals surface area contributed by atoms with Gasteiger partial charge in [-0.2, -0.15) is 0 Å². The average Bonchev–Trinajstić information content (AvgIpc) is 3.92. The summed E-state index contributed by atoms with van der Waals surface area (Å²) < 4.78 is 15.4. The Bertz CT molecular complexity index is 1340. The van der Waals surface area contributed by atoms with Crippen molar-refractivity contribution in [3.63, 3.8) is 0 Å². The SMILES string of the molecule is C1CCC(P(C2CCCCC2)[C]23[CH]4[CH]5[CH]6[C]2(P(C2CCCCC2)C2CCCCC2)[Hf]54632789[CH]3[CH]2[CH]7[CH]8[CH]39)CC1. The number of fused-ring (bicyclic) bond motifs is 10. The molecule has 3 heteroatoms. The van der Waals surface area contributed by atoms with Crippen molar-refractivity contribution >= 4 is 15.8 Å². The summed E-state index contributed by atoms with van der Waals surface area (Å²) in [5.74, 6) is 0. The average molecular weight is 701 g/mol. The first-order valence-corrected chi connectivity index (χ1v) is 41.9. The Labute approximate surface area is 212 Å². The topological polar surface area (TPSA) is 0 Å². The van der Waals surface area contributed by atoms with Crippen molar-refractivity contribution in [2.75, 3.05) is 0 Å². The van der Waals surface area contributed by atoms with E-state index in [1.807, 2.05) is 0 Å². The Kier molecular flexibility index (Phi) is 1.94. The van der Waals surface area contributed by atoms with Crippen LogP contribution in [-0.4, -0.2) is 28.5 Å². The summed E-state index contributed by atoms with van der Waals surface area (Å²) >= 11 is -4.14. The van der Waals surface area contributed by atoms with E-state index in [0.29, 0.717) is 15.8 Å². The van der Waals surface area contributed by atoms with Gasteiger partial charge in [0.05, 0.1) is 0 Å². The first-order valence-electron chi connectivity index (χ1n) is 18.7. The van der Waals surface area contributed by atoms with Gasteiger partial charge < -0.3 is 0 Å². The predicted octanol–water partition coefficient (Wildman–Crippen LogP) is 11.5. The third kappa shape index (κ3) is 0.578. The first-order chi connectivity index (χ1) is 18.1. The van der Waals surface area contributed by atoms with Gasteiger partial charge in [0.25, 0.3) is 0 Å². The fraction of sp³-hybridized carbons (Fsp3) is 1.00. The molecule has 0 N–H and O–H groups in total. The molecule has 0 radical (unpaired) electrons. The molecule has 4 saturated carbocycles. The van der Waals surface area contributed by atoms with Crippen molar-refractivity contribution in [2.45, 2.75) is 186 Å². The molecule has 37 heavy (non-hydrogen) atoms. The zero-order valence-electron chi connectivity index (χ0n) is 23.5. The summed E-state index contributed by atoms with van der Waals surface area (Å²) in [5.41, 5.74) is 5.20. The van der Waals surface area contributed by atoms with Gasteiger partial charge in [-0.05, 0) is 0 Å². The summed E-state index contributed by atoms with van der Waals surface area (Å²) in [4.78, 5) is 0. The van der Waals surface area contributed by atoms with Crippen LogP contribution in [0.5, 0.6) is 0 Å². The van der Waals surface area contributed by atoms with E-state index in [-0.39, 0.29) is 0 Å². The molecule has 10 saturated heterocycles. The van der Waals surface area contributed by atoms with Crippen molar-refractivity contribution in [2.24, 2.45) is 0 Å². The molecule has 0 amide bonds. The van der Waals surface area contributed by atoms with Crippen LogP contribution in [0.2, 0.25) is 29.4 Å². The Hall–Kier alpha value is 1.73. The Balaban J connectivity index is 1.05. The molecular weight excluding hydrogens is 649 g/mol. The zero-order chi connectivity index (χ0) is 23.5. The number of hydrogen-bond acceptors (Lipinski definition) is 0. The van der Waals surface area contributed by atoms with E-state index in [2.05, 4.69) is 0 Å². The van der Waals surface area contributed by atoms with Gasteiger partial charge in [0, 0.05) is 0 Å². The van der Waals surface area contributed by atoms with E-state index < -0.39 is 11.2 Å². The van der Waals surface area contributed by atoms with Crippen molar-refractivity contribution in [1.29, 1.82) is 0 Å². The summed E-state index contributed by atoms with van der Waals surface area (Å²) in [6.45, 7) is 0. The molecule has 14 fully saturated rings. The molecule has 202 valence electrons. The van der Waals surface area contributed by atoms with Crippen LogP contribution in [0.1, 0.15) is 128 Å². The molecule has 0 aromatic rings. The molecule has 0 aromatic carbocycles. The molecule has 14 aliphatic rings. The van der Waals surface area contributed by atoms with Crippen LogP contribution in [0, 0.1) is 0 Å².